The van der Waals surface area contributed by atoms with E-state index in [1.165, 1.54) is 12.1 Å². The molecule has 0 aliphatic rings. The Balaban J connectivity index is 1.97. The highest BCUT2D eigenvalue weighted by molar-refractivity contribution is 6.34. The number of halogens is 2. The zero-order valence-electron chi connectivity index (χ0n) is 13.5. The highest BCUT2D eigenvalue weighted by Gasteiger charge is 2.14. The van der Waals surface area contributed by atoms with Gasteiger partial charge in [0.05, 0.1) is 17.8 Å². The Morgan fingerprint density at radius 1 is 1.26 bits per heavy atom. The monoisotopic (exact) mass is 335 g/mol. The summed E-state index contributed by atoms with van der Waals surface area (Å²) >= 11 is 6.20. The number of aryl methyl sites for hydroxylation is 2. The number of carbonyl (C=O) groups is 1. The van der Waals surface area contributed by atoms with E-state index in [-0.39, 0.29) is 18.3 Å². The van der Waals surface area contributed by atoms with E-state index in [4.69, 9.17) is 11.6 Å². The lowest BCUT2D eigenvalue weighted by molar-refractivity contribution is -0.885. The number of amides is 1. The summed E-state index contributed by atoms with van der Waals surface area (Å²) in [6.45, 7) is 4.73. The predicted molar refractivity (Wildman–Crippen MR) is 91.4 cm³/mol. The second-order valence-corrected chi connectivity index (χ2v) is 6.33. The first-order valence-electron chi connectivity index (χ1n) is 7.47. The lowest BCUT2D eigenvalue weighted by Crippen LogP contribution is -3.08. The lowest BCUT2D eigenvalue weighted by atomic mass is 10.1. The summed E-state index contributed by atoms with van der Waals surface area (Å²) in [7, 11) is 1.90. The van der Waals surface area contributed by atoms with Crippen molar-refractivity contribution < 1.29 is 14.1 Å². The van der Waals surface area contributed by atoms with E-state index < -0.39 is 0 Å². The van der Waals surface area contributed by atoms with Crippen molar-refractivity contribution in [1.29, 1.82) is 0 Å². The number of nitrogens with one attached hydrogen (secondary N) is 2. The van der Waals surface area contributed by atoms with Crippen LogP contribution >= 0.6 is 11.6 Å². The van der Waals surface area contributed by atoms with Crippen LogP contribution in [0.4, 0.5) is 10.1 Å². The first-order valence-corrected chi connectivity index (χ1v) is 7.85. The van der Waals surface area contributed by atoms with Crippen molar-refractivity contribution in [2.75, 3.05) is 18.9 Å². The highest BCUT2D eigenvalue weighted by atomic mass is 35.5. The third-order valence-electron chi connectivity index (χ3n) is 3.55. The van der Waals surface area contributed by atoms with Crippen LogP contribution in [0.5, 0.6) is 0 Å². The van der Waals surface area contributed by atoms with Gasteiger partial charge >= 0.3 is 0 Å². The maximum Gasteiger partial charge on any atom is 0.279 e. The van der Waals surface area contributed by atoms with Crippen LogP contribution in [0.1, 0.15) is 16.7 Å². The van der Waals surface area contributed by atoms with Gasteiger partial charge in [0.25, 0.3) is 5.91 Å². The van der Waals surface area contributed by atoms with Crippen LogP contribution in [-0.4, -0.2) is 19.5 Å². The topological polar surface area (TPSA) is 33.5 Å². The molecule has 1 atom stereocenters. The van der Waals surface area contributed by atoms with Crippen LogP contribution in [0.3, 0.4) is 0 Å². The first kappa shape index (κ1) is 17.4. The summed E-state index contributed by atoms with van der Waals surface area (Å²) in [6, 6.07) is 10.2. The Bertz CT molecular complexity index is 695. The van der Waals surface area contributed by atoms with Crippen molar-refractivity contribution in [3.05, 3.63) is 63.9 Å². The molecule has 0 spiro atoms. The average molecular weight is 336 g/mol. The Kier molecular flexibility index (Phi) is 5.74. The zero-order chi connectivity index (χ0) is 17.0. The molecule has 1 unspecified atom stereocenters. The van der Waals surface area contributed by atoms with E-state index in [0.717, 1.165) is 21.6 Å². The average Bonchev–Trinajstić information content (AvgIpc) is 2.42. The molecule has 3 nitrogen and oxygen atoms in total. The Hall–Kier alpha value is -1.91. The molecule has 2 aromatic rings. The van der Waals surface area contributed by atoms with E-state index in [9.17, 15) is 9.18 Å². The first-order chi connectivity index (χ1) is 10.8. The molecule has 0 saturated carbocycles. The van der Waals surface area contributed by atoms with Crippen molar-refractivity contribution in [2.45, 2.75) is 20.4 Å². The molecule has 0 saturated heterocycles. The number of rotatable bonds is 5. The molecule has 0 radical (unpaired) electrons. The largest absolute Gasteiger partial charge is 0.326 e. The molecule has 23 heavy (non-hydrogen) atoms. The third kappa shape index (κ3) is 5.05. The fourth-order valence-corrected chi connectivity index (χ4v) is 2.96. The van der Waals surface area contributed by atoms with E-state index in [1.54, 1.807) is 6.07 Å². The van der Waals surface area contributed by atoms with Gasteiger partial charge in [0.1, 0.15) is 12.4 Å². The molecular weight excluding hydrogens is 315 g/mol. The van der Waals surface area contributed by atoms with Crippen molar-refractivity contribution in [3.63, 3.8) is 0 Å². The molecule has 0 heterocycles. The summed E-state index contributed by atoms with van der Waals surface area (Å²) < 4.78 is 13.2. The van der Waals surface area contributed by atoms with Gasteiger partial charge in [-0.25, -0.2) is 4.39 Å². The second-order valence-electron chi connectivity index (χ2n) is 5.93. The number of anilines is 1. The number of carbonyl (C=O) groups excluding carboxylic acids is 1. The summed E-state index contributed by atoms with van der Waals surface area (Å²) in [4.78, 5) is 13.2. The van der Waals surface area contributed by atoms with E-state index in [2.05, 4.69) is 5.32 Å². The summed E-state index contributed by atoms with van der Waals surface area (Å²) in [6.07, 6.45) is 0. The molecule has 0 aliphatic heterocycles. The third-order valence-corrected chi connectivity index (χ3v) is 3.85. The maximum atomic E-state index is 13.2. The quantitative estimate of drug-likeness (QED) is 0.865. The van der Waals surface area contributed by atoms with Gasteiger partial charge in [-0.05, 0) is 43.2 Å². The van der Waals surface area contributed by atoms with E-state index in [1.807, 2.05) is 39.1 Å². The lowest BCUT2D eigenvalue weighted by Gasteiger charge is -2.16. The molecule has 0 aromatic heterocycles. The molecular formula is C18H21ClFN2O+. The normalized spacial score (nSPS) is 12.0. The van der Waals surface area contributed by atoms with E-state index >= 15 is 0 Å². The number of hydrogen-bond acceptors (Lipinski definition) is 1. The van der Waals surface area contributed by atoms with Gasteiger partial charge < -0.3 is 10.2 Å². The van der Waals surface area contributed by atoms with Gasteiger partial charge in [-0.3, -0.25) is 4.79 Å². The minimum absolute atomic E-state index is 0.118. The van der Waals surface area contributed by atoms with Gasteiger partial charge in [-0.15, -0.1) is 0 Å². The molecule has 0 aliphatic carbocycles. The minimum Gasteiger partial charge on any atom is -0.326 e. The van der Waals surface area contributed by atoms with Gasteiger partial charge in [-0.1, -0.05) is 29.8 Å². The van der Waals surface area contributed by atoms with Crippen LogP contribution in [0, 0.1) is 19.7 Å². The standard InChI is InChI=1S/C18H20ClFN2O/c1-12-7-13(2)18(16(19)8-12)21-17(23)11-22(3)10-14-5-4-6-15(20)9-14/h4-9H,10-11H2,1-3H3,(H,21,23)/p+1. The van der Waals surface area contributed by atoms with Gasteiger partial charge in [-0.2, -0.15) is 0 Å². The maximum absolute atomic E-state index is 13.2. The molecule has 122 valence electrons. The fraction of sp³-hybridized carbons (Fsp3) is 0.278. The van der Waals surface area contributed by atoms with Gasteiger partial charge in [0.2, 0.25) is 0 Å². The molecule has 1 amide bonds. The SMILES string of the molecule is Cc1cc(C)c(NC(=O)C[NH+](C)Cc2cccc(F)c2)c(Cl)c1. The van der Waals surface area contributed by atoms with Crippen molar-refractivity contribution in [1.82, 2.24) is 0 Å². The van der Waals surface area contributed by atoms with Crippen molar-refractivity contribution in [3.8, 4) is 0 Å². The number of likely N-dealkylation sites (N-methyl/N-ethyl adjacent to an activating group) is 1. The van der Waals surface area contributed by atoms with Crippen molar-refractivity contribution in [2.24, 2.45) is 0 Å². The van der Waals surface area contributed by atoms with Crippen LogP contribution in [0.25, 0.3) is 0 Å². The minimum atomic E-state index is -0.262. The molecule has 2 N–H and O–H groups in total. The number of quaternary nitrogens is 1. The number of hydrogen-bond donors (Lipinski definition) is 2. The molecule has 2 aromatic carbocycles. The van der Waals surface area contributed by atoms with Crippen LogP contribution in [-0.2, 0) is 11.3 Å². The van der Waals surface area contributed by atoms with Crippen molar-refractivity contribution >= 4 is 23.2 Å². The Morgan fingerprint density at radius 3 is 2.65 bits per heavy atom. The Labute approximate surface area is 141 Å². The highest BCUT2D eigenvalue weighted by Crippen LogP contribution is 2.27. The Morgan fingerprint density at radius 2 is 2.00 bits per heavy atom. The number of benzene rings is 2. The van der Waals surface area contributed by atoms with Crippen LogP contribution in [0.15, 0.2) is 36.4 Å². The molecule has 0 fully saturated rings. The molecule has 0 bridgehead atoms. The smallest absolute Gasteiger partial charge is 0.279 e. The zero-order valence-corrected chi connectivity index (χ0v) is 14.3. The summed E-state index contributed by atoms with van der Waals surface area (Å²) in [5, 5.41) is 3.41. The molecule has 5 heteroatoms. The molecule has 2 rings (SSSR count). The van der Waals surface area contributed by atoms with Crippen LogP contribution < -0.4 is 10.2 Å². The van der Waals surface area contributed by atoms with Gasteiger partial charge in [0, 0.05) is 5.56 Å². The predicted octanol–water partition coefficient (Wildman–Crippen LogP) is 2.75. The van der Waals surface area contributed by atoms with Gasteiger partial charge in [0.15, 0.2) is 6.54 Å². The second kappa shape index (κ2) is 7.57. The summed E-state index contributed by atoms with van der Waals surface area (Å²) in [5.74, 6) is -0.380. The van der Waals surface area contributed by atoms with E-state index in [0.29, 0.717) is 17.3 Å². The van der Waals surface area contributed by atoms with Crippen LogP contribution in [0.2, 0.25) is 5.02 Å². The fourth-order valence-electron chi connectivity index (χ4n) is 2.59. The summed E-state index contributed by atoms with van der Waals surface area (Å²) in [5.41, 5.74) is 3.51.